The van der Waals surface area contributed by atoms with E-state index in [4.69, 9.17) is 14.7 Å². The molecule has 1 aromatic heterocycles. The fourth-order valence-corrected chi connectivity index (χ4v) is 3.64. The highest BCUT2D eigenvalue weighted by atomic mass is 16.5. The molecule has 0 saturated heterocycles. The quantitative estimate of drug-likeness (QED) is 0.719. The number of rotatable bonds is 3. The Balaban J connectivity index is 1.89. The Morgan fingerprint density at radius 3 is 2.36 bits per heavy atom. The van der Waals surface area contributed by atoms with Gasteiger partial charge in [-0.15, -0.1) is 0 Å². The van der Waals surface area contributed by atoms with Crippen molar-refractivity contribution in [2.75, 3.05) is 12.4 Å². The van der Waals surface area contributed by atoms with E-state index in [0.29, 0.717) is 6.04 Å². The molecule has 152 valence electrons. The summed E-state index contributed by atoms with van der Waals surface area (Å²) in [6.45, 7) is 13.1. The van der Waals surface area contributed by atoms with Gasteiger partial charge in [-0.1, -0.05) is 47.6 Å². The average molecular weight is 382 g/mol. The Hall–Kier alpha value is -2.10. The molecular weight excluding hydrogens is 346 g/mol. The summed E-state index contributed by atoms with van der Waals surface area (Å²) in [6.07, 6.45) is 4.44. The zero-order valence-corrected chi connectivity index (χ0v) is 18.5. The van der Waals surface area contributed by atoms with Crippen LogP contribution in [0.15, 0.2) is 24.3 Å². The molecule has 1 aliphatic carbocycles. The third kappa shape index (κ3) is 4.84. The van der Waals surface area contributed by atoms with Gasteiger partial charge in [0.25, 0.3) is 0 Å². The molecule has 3 rings (SSSR count). The summed E-state index contributed by atoms with van der Waals surface area (Å²) >= 11 is 0. The van der Waals surface area contributed by atoms with Crippen LogP contribution in [-0.2, 0) is 23.7 Å². The van der Waals surface area contributed by atoms with Gasteiger partial charge in [0.2, 0.25) is 0 Å². The molecule has 1 N–H and O–H groups in total. The highest BCUT2D eigenvalue weighted by Crippen LogP contribution is 2.29. The molecule has 0 aliphatic heterocycles. The van der Waals surface area contributed by atoms with Crippen LogP contribution in [0.2, 0.25) is 0 Å². The number of aryl methyl sites for hydroxylation is 1. The molecule has 2 aromatic rings. The SMILES string of the molecule is COc1ccc2c(c1)CC(Nc1cc(C(C)(C)C)nc(C(C)(C)C)n1)CCC2. The number of nitrogens with zero attached hydrogens (tertiary/aromatic N) is 2. The third-order valence-electron chi connectivity index (χ3n) is 5.40. The second-order valence-corrected chi connectivity index (χ2v) is 10.0. The van der Waals surface area contributed by atoms with E-state index >= 15 is 0 Å². The molecule has 1 aliphatic rings. The first-order valence-electron chi connectivity index (χ1n) is 10.4. The number of fused-ring (bicyclic) bond motifs is 1. The molecule has 0 fully saturated rings. The van der Waals surface area contributed by atoms with Crippen molar-refractivity contribution in [1.82, 2.24) is 9.97 Å². The van der Waals surface area contributed by atoms with Gasteiger partial charge < -0.3 is 10.1 Å². The Morgan fingerprint density at radius 1 is 0.964 bits per heavy atom. The van der Waals surface area contributed by atoms with E-state index in [1.54, 1.807) is 7.11 Å². The molecule has 28 heavy (non-hydrogen) atoms. The van der Waals surface area contributed by atoms with E-state index in [1.165, 1.54) is 17.5 Å². The summed E-state index contributed by atoms with van der Waals surface area (Å²) in [6, 6.07) is 8.98. The molecule has 1 atom stereocenters. The zero-order valence-electron chi connectivity index (χ0n) is 18.5. The summed E-state index contributed by atoms with van der Waals surface area (Å²) in [5.74, 6) is 2.78. The smallest absolute Gasteiger partial charge is 0.136 e. The summed E-state index contributed by atoms with van der Waals surface area (Å²) in [4.78, 5) is 9.76. The van der Waals surface area contributed by atoms with Crippen LogP contribution < -0.4 is 10.1 Å². The van der Waals surface area contributed by atoms with Crippen molar-refractivity contribution < 1.29 is 4.74 Å². The lowest BCUT2D eigenvalue weighted by atomic mass is 9.90. The topological polar surface area (TPSA) is 47.0 Å². The number of ether oxygens (including phenoxy) is 1. The zero-order chi connectivity index (χ0) is 20.5. The van der Waals surface area contributed by atoms with Crippen molar-refractivity contribution in [2.45, 2.75) is 84.1 Å². The Kier molecular flexibility index (Phi) is 5.69. The lowest BCUT2D eigenvalue weighted by molar-refractivity contribution is 0.414. The van der Waals surface area contributed by atoms with Crippen LogP contribution in [0, 0.1) is 0 Å². The number of methoxy groups -OCH3 is 1. The molecule has 0 amide bonds. The van der Waals surface area contributed by atoms with Crippen LogP contribution in [-0.4, -0.2) is 23.1 Å². The number of hydrogen-bond donors (Lipinski definition) is 1. The van der Waals surface area contributed by atoms with Crippen molar-refractivity contribution in [1.29, 1.82) is 0 Å². The van der Waals surface area contributed by atoms with E-state index in [-0.39, 0.29) is 10.8 Å². The minimum atomic E-state index is -0.0822. The van der Waals surface area contributed by atoms with E-state index in [0.717, 1.165) is 42.3 Å². The largest absolute Gasteiger partial charge is 0.497 e. The maximum Gasteiger partial charge on any atom is 0.136 e. The second-order valence-electron chi connectivity index (χ2n) is 10.0. The van der Waals surface area contributed by atoms with Gasteiger partial charge >= 0.3 is 0 Å². The van der Waals surface area contributed by atoms with Gasteiger partial charge in [0, 0.05) is 22.9 Å². The first-order chi connectivity index (χ1) is 13.1. The van der Waals surface area contributed by atoms with Crippen molar-refractivity contribution >= 4 is 5.82 Å². The Morgan fingerprint density at radius 2 is 1.71 bits per heavy atom. The molecule has 4 heteroatoms. The van der Waals surface area contributed by atoms with Crippen LogP contribution in [0.25, 0.3) is 0 Å². The first kappa shape index (κ1) is 20.6. The van der Waals surface area contributed by atoms with Gasteiger partial charge in [0.15, 0.2) is 0 Å². The molecule has 1 aromatic carbocycles. The molecule has 4 nitrogen and oxygen atoms in total. The van der Waals surface area contributed by atoms with Crippen molar-refractivity contribution in [3.05, 3.63) is 46.9 Å². The van der Waals surface area contributed by atoms with Gasteiger partial charge in [0.05, 0.1) is 12.8 Å². The number of anilines is 1. The minimum absolute atomic E-state index is 0.0111. The second kappa shape index (κ2) is 7.73. The van der Waals surface area contributed by atoms with Crippen LogP contribution in [0.5, 0.6) is 5.75 Å². The molecule has 0 radical (unpaired) electrons. The molecule has 0 saturated carbocycles. The van der Waals surface area contributed by atoms with Gasteiger partial charge in [-0.3, -0.25) is 0 Å². The first-order valence-corrected chi connectivity index (χ1v) is 10.4. The predicted octanol–water partition coefficient (Wildman–Crippen LogP) is 5.44. The van der Waals surface area contributed by atoms with Crippen LogP contribution in [0.4, 0.5) is 5.82 Å². The number of nitrogens with one attached hydrogen (secondary N) is 1. The van der Waals surface area contributed by atoms with Crippen molar-refractivity contribution in [2.24, 2.45) is 0 Å². The summed E-state index contributed by atoms with van der Waals surface area (Å²) in [5, 5.41) is 3.73. The highest BCUT2D eigenvalue weighted by molar-refractivity contribution is 5.42. The number of aromatic nitrogens is 2. The Bertz CT molecular complexity index is 798. The van der Waals surface area contributed by atoms with Crippen LogP contribution in [0.1, 0.15) is 77.0 Å². The molecule has 0 spiro atoms. The maximum absolute atomic E-state index is 5.44. The third-order valence-corrected chi connectivity index (χ3v) is 5.40. The lowest BCUT2D eigenvalue weighted by Crippen LogP contribution is -2.26. The fourth-order valence-electron chi connectivity index (χ4n) is 3.64. The van der Waals surface area contributed by atoms with Crippen LogP contribution in [0.3, 0.4) is 0 Å². The molecule has 1 heterocycles. The van der Waals surface area contributed by atoms with E-state index in [9.17, 15) is 0 Å². The van der Waals surface area contributed by atoms with Crippen LogP contribution >= 0.6 is 0 Å². The Labute approximate surface area is 170 Å². The summed E-state index contributed by atoms with van der Waals surface area (Å²) in [5.41, 5.74) is 3.82. The van der Waals surface area contributed by atoms with Gasteiger partial charge in [0.1, 0.15) is 17.4 Å². The predicted molar refractivity (Wildman–Crippen MR) is 116 cm³/mol. The monoisotopic (exact) mass is 381 g/mol. The molecule has 1 unspecified atom stereocenters. The van der Waals surface area contributed by atoms with Gasteiger partial charge in [-0.05, 0) is 48.9 Å². The maximum atomic E-state index is 5.44. The van der Waals surface area contributed by atoms with Crippen molar-refractivity contribution in [3.8, 4) is 5.75 Å². The summed E-state index contributed by atoms with van der Waals surface area (Å²) in [7, 11) is 1.73. The van der Waals surface area contributed by atoms with Crippen molar-refractivity contribution in [3.63, 3.8) is 0 Å². The van der Waals surface area contributed by atoms with Gasteiger partial charge in [-0.2, -0.15) is 0 Å². The highest BCUT2D eigenvalue weighted by Gasteiger charge is 2.25. The summed E-state index contributed by atoms with van der Waals surface area (Å²) < 4.78 is 5.44. The minimum Gasteiger partial charge on any atom is -0.497 e. The standard InChI is InChI=1S/C24H35N3O/c1-23(2,3)20-15-21(27-22(26-20)24(4,5)6)25-18-10-8-9-16-11-12-19(28-7)14-17(16)13-18/h11-12,14-15,18H,8-10,13H2,1-7H3,(H,25,26,27). The number of hydrogen-bond acceptors (Lipinski definition) is 4. The van der Waals surface area contributed by atoms with E-state index < -0.39 is 0 Å². The van der Waals surface area contributed by atoms with E-state index in [1.807, 2.05) is 0 Å². The normalized spacial score (nSPS) is 17.6. The molecule has 0 bridgehead atoms. The lowest BCUT2D eigenvalue weighted by Gasteiger charge is -2.25. The van der Waals surface area contributed by atoms with Gasteiger partial charge in [-0.25, -0.2) is 9.97 Å². The van der Waals surface area contributed by atoms with E-state index in [2.05, 4.69) is 71.1 Å². The molecular formula is C24H35N3O. The fraction of sp³-hybridized carbons (Fsp3) is 0.583. The average Bonchev–Trinajstić information content (AvgIpc) is 2.80. The number of benzene rings is 1.